The predicted octanol–water partition coefficient (Wildman–Crippen LogP) is 2.13. The molecule has 0 aliphatic rings. The summed E-state index contributed by atoms with van der Waals surface area (Å²) in [7, 11) is 0. The summed E-state index contributed by atoms with van der Waals surface area (Å²) in [4.78, 5) is 15.5. The van der Waals surface area contributed by atoms with Crippen LogP contribution in [0.15, 0.2) is 42.5 Å². The lowest BCUT2D eigenvalue weighted by Gasteiger charge is -2.03. The van der Waals surface area contributed by atoms with Gasteiger partial charge in [-0.15, -0.1) is 0 Å². The van der Waals surface area contributed by atoms with Crippen molar-refractivity contribution in [3.63, 3.8) is 0 Å². The van der Waals surface area contributed by atoms with Crippen molar-refractivity contribution in [2.24, 2.45) is 0 Å². The molecule has 13 heavy (non-hydrogen) atoms. The average Bonchev–Trinajstić information content (AvgIpc) is 2.17. The smallest absolute Gasteiger partial charge is 0.339 e. The van der Waals surface area contributed by atoms with E-state index in [1.165, 1.54) is 6.08 Å². The molecule has 68 valence electrons. The van der Waals surface area contributed by atoms with Gasteiger partial charge in [0.15, 0.2) is 0 Å². The first-order valence-electron chi connectivity index (χ1n) is 3.97. The second-order valence-electron chi connectivity index (χ2n) is 2.39. The number of allylic oxidation sites excluding steroid dienone is 1. The zero-order chi connectivity index (χ0) is 9.52. The number of rotatable bonds is 3. The maximum Gasteiger partial charge on any atom is 0.355 e. The zero-order valence-corrected chi connectivity index (χ0v) is 7.36. The highest BCUT2D eigenvalue weighted by molar-refractivity contribution is 5.82. The third kappa shape index (κ3) is 3.42. The topological polar surface area (TPSA) is 38.3 Å². The van der Waals surface area contributed by atoms with Crippen LogP contribution in [-0.4, -0.2) is 5.97 Å². The molecule has 0 atom stereocenters. The van der Waals surface area contributed by atoms with Gasteiger partial charge in [0.1, 0.15) is 0 Å². The molecule has 0 spiro atoms. The average molecular weight is 177 g/mol. The maximum atomic E-state index is 10.8. The number of hydrogen-bond donors (Lipinski definition) is 1. The van der Waals surface area contributed by atoms with Gasteiger partial charge in [0.2, 0.25) is 0 Å². The Morgan fingerprint density at radius 1 is 1.38 bits per heavy atom. The Bertz CT molecular complexity index is 293. The van der Waals surface area contributed by atoms with E-state index in [1.807, 2.05) is 30.3 Å². The Morgan fingerprint density at radius 2 is 2.08 bits per heavy atom. The molecule has 3 nitrogen and oxygen atoms in total. The van der Waals surface area contributed by atoms with Crippen LogP contribution < -0.4 is 5.48 Å². The Balaban J connectivity index is 2.40. The van der Waals surface area contributed by atoms with Gasteiger partial charge in [0.25, 0.3) is 0 Å². The second kappa shape index (κ2) is 4.98. The number of anilines is 1. The molecule has 1 aromatic rings. The summed E-state index contributed by atoms with van der Waals surface area (Å²) in [5, 5.41) is 0. The lowest BCUT2D eigenvalue weighted by molar-refractivity contribution is -0.134. The molecule has 0 saturated carbocycles. The van der Waals surface area contributed by atoms with E-state index in [-0.39, 0.29) is 0 Å². The van der Waals surface area contributed by atoms with E-state index in [0.29, 0.717) is 0 Å². The summed E-state index contributed by atoms with van der Waals surface area (Å²) in [5.74, 6) is -0.411. The van der Waals surface area contributed by atoms with E-state index in [4.69, 9.17) is 4.84 Å². The van der Waals surface area contributed by atoms with Gasteiger partial charge in [-0.3, -0.25) is 0 Å². The molecule has 0 amide bonds. The van der Waals surface area contributed by atoms with Crippen molar-refractivity contribution >= 4 is 11.7 Å². The Morgan fingerprint density at radius 3 is 2.69 bits per heavy atom. The van der Waals surface area contributed by atoms with Gasteiger partial charge in [-0.1, -0.05) is 24.3 Å². The molecule has 0 radical (unpaired) electrons. The van der Waals surface area contributed by atoms with Gasteiger partial charge in [-0.2, -0.15) is 0 Å². The molecule has 0 unspecified atom stereocenters. The molecule has 1 N–H and O–H groups in total. The highest BCUT2D eigenvalue weighted by Gasteiger charge is 1.95. The van der Waals surface area contributed by atoms with Crippen LogP contribution in [0.1, 0.15) is 6.92 Å². The SMILES string of the molecule is C/C=C/C(=O)ONc1ccccc1. The molecule has 3 heteroatoms. The molecule has 1 aromatic carbocycles. The summed E-state index contributed by atoms with van der Waals surface area (Å²) >= 11 is 0. The molecular weight excluding hydrogens is 166 g/mol. The third-order valence-electron chi connectivity index (χ3n) is 1.35. The summed E-state index contributed by atoms with van der Waals surface area (Å²) in [6.07, 6.45) is 2.96. The van der Waals surface area contributed by atoms with Gasteiger partial charge < -0.3 is 4.84 Å². The highest BCUT2D eigenvalue weighted by Crippen LogP contribution is 2.04. The van der Waals surface area contributed by atoms with Crippen LogP contribution in [0.5, 0.6) is 0 Å². The van der Waals surface area contributed by atoms with E-state index >= 15 is 0 Å². The zero-order valence-electron chi connectivity index (χ0n) is 7.36. The van der Waals surface area contributed by atoms with Crippen LogP contribution in [0.4, 0.5) is 5.69 Å². The molecule has 0 bridgehead atoms. The van der Waals surface area contributed by atoms with Gasteiger partial charge in [0, 0.05) is 6.08 Å². The fourth-order valence-electron chi connectivity index (χ4n) is 0.786. The molecular formula is C10H11NO2. The molecule has 0 aromatic heterocycles. The minimum atomic E-state index is -0.411. The van der Waals surface area contributed by atoms with E-state index in [9.17, 15) is 4.79 Å². The largest absolute Gasteiger partial charge is 0.355 e. The molecule has 0 saturated heterocycles. The first kappa shape index (κ1) is 9.32. The van der Waals surface area contributed by atoms with E-state index < -0.39 is 5.97 Å². The van der Waals surface area contributed by atoms with Gasteiger partial charge in [-0.25, -0.2) is 10.3 Å². The van der Waals surface area contributed by atoms with Crippen LogP contribution in [0.3, 0.4) is 0 Å². The minimum Gasteiger partial charge on any atom is -0.339 e. The van der Waals surface area contributed by atoms with Crippen LogP contribution >= 0.6 is 0 Å². The lowest BCUT2D eigenvalue weighted by atomic mass is 10.3. The van der Waals surface area contributed by atoms with Crippen molar-refractivity contribution in [2.45, 2.75) is 6.92 Å². The molecule has 0 aliphatic carbocycles. The van der Waals surface area contributed by atoms with E-state index in [1.54, 1.807) is 13.0 Å². The third-order valence-corrected chi connectivity index (χ3v) is 1.35. The van der Waals surface area contributed by atoms with E-state index in [2.05, 4.69) is 5.48 Å². The van der Waals surface area contributed by atoms with Crippen molar-refractivity contribution in [1.82, 2.24) is 0 Å². The van der Waals surface area contributed by atoms with Crippen molar-refractivity contribution in [1.29, 1.82) is 0 Å². The molecule has 0 fully saturated rings. The molecule has 0 aliphatic heterocycles. The highest BCUT2D eigenvalue weighted by atomic mass is 16.7. The number of benzene rings is 1. The summed E-state index contributed by atoms with van der Waals surface area (Å²) in [6.45, 7) is 1.75. The first-order chi connectivity index (χ1) is 6.33. The second-order valence-corrected chi connectivity index (χ2v) is 2.39. The standard InChI is InChI=1S/C10H11NO2/c1-2-6-10(12)13-11-9-7-4-3-5-8-9/h2-8,11H,1H3/b6-2+. The van der Waals surface area contributed by atoms with Crippen LogP contribution in [-0.2, 0) is 9.63 Å². The Labute approximate surface area is 77.0 Å². The van der Waals surface area contributed by atoms with Crippen molar-refractivity contribution in [2.75, 3.05) is 5.48 Å². The monoisotopic (exact) mass is 177 g/mol. The number of para-hydroxylation sites is 1. The summed E-state index contributed by atoms with van der Waals surface area (Å²) < 4.78 is 0. The van der Waals surface area contributed by atoms with Crippen molar-refractivity contribution in [3.05, 3.63) is 42.5 Å². The van der Waals surface area contributed by atoms with Gasteiger partial charge >= 0.3 is 5.97 Å². The van der Waals surface area contributed by atoms with Crippen LogP contribution in [0.25, 0.3) is 0 Å². The van der Waals surface area contributed by atoms with E-state index in [0.717, 1.165) is 5.69 Å². The Hall–Kier alpha value is -1.77. The van der Waals surface area contributed by atoms with Crippen molar-refractivity contribution in [3.8, 4) is 0 Å². The first-order valence-corrected chi connectivity index (χ1v) is 3.97. The fraction of sp³-hybridized carbons (Fsp3) is 0.100. The number of carbonyl (C=O) groups excluding carboxylic acids is 1. The normalized spacial score (nSPS) is 9.92. The number of carbonyl (C=O) groups is 1. The van der Waals surface area contributed by atoms with Gasteiger partial charge in [-0.05, 0) is 19.1 Å². The molecule has 0 heterocycles. The fourth-order valence-corrected chi connectivity index (χ4v) is 0.786. The lowest BCUT2D eigenvalue weighted by Crippen LogP contribution is -2.07. The maximum absolute atomic E-state index is 10.8. The Kier molecular flexibility index (Phi) is 3.57. The predicted molar refractivity (Wildman–Crippen MR) is 51.0 cm³/mol. The number of hydrogen-bond acceptors (Lipinski definition) is 3. The summed E-state index contributed by atoms with van der Waals surface area (Å²) in [6, 6.07) is 9.21. The van der Waals surface area contributed by atoms with Crippen LogP contribution in [0, 0.1) is 0 Å². The van der Waals surface area contributed by atoms with Crippen molar-refractivity contribution < 1.29 is 9.63 Å². The quantitative estimate of drug-likeness (QED) is 0.567. The number of nitrogens with one attached hydrogen (secondary N) is 1. The summed E-state index contributed by atoms with van der Waals surface area (Å²) in [5.41, 5.74) is 3.28. The van der Waals surface area contributed by atoms with Crippen LogP contribution in [0.2, 0.25) is 0 Å². The minimum absolute atomic E-state index is 0.411. The van der Waals surface area contributed by atoms with Gasteiger partial charge in [0.05, 0.1) is 5.69 Å². The molecule has 1 rings (SSSR count).